The number of aliphatic carboxylic acids is 2. The number of unbranched alkanes of at least 4 members (excludes halogenated alkanes) is 1. The number of carboxylic acid groups (broad SMARTS) is 2. The second-order valence-corrected chi connectivity index (χ2v) is 6.67. The molecule has 11 N–H and O–H groups in total. The third-order valence-electron chi connectivity index (χ3n) is 4.09. The van der Waals surface area contributed by atoms with Crippen LogP contribution in [0.15, 0.2) is 0 Å². The Hall–Kier alpha value is -3.26. The van der Waals surface area contributed by atoms with E-state index in [9.17, 15) is 33.9 Å². The molecule has 0 spiro atoms. The molecule has 0 fully saturated rings. The minimum atomic E-state index is -1.54. The number of nitrogens with two attached hydrogens (primary N) is 3. The summed E-state index contributed by atoms with van der Waals surface area (Å²) in [4.78, 5) is 70.0. The molecule has 0 aromatic carbocycles. The Morgan fingerprint density at radius 2 is 1.35 bits per heavy atom. The van der Waals surface area contributed by atoms with Gasteiger partial charge in [-0.2, -0.15) is 0 Å². The quantitative estimate of drug-likeness (QED) is 0.108. The van der Waals surface area contributed by atoms with Crippen LogP contribution in [0.3, 0.4) is 0 Å². The molecule has 0 saturated carbocycles. The zero-order chi connectivity index (χ0) is 24.0. The molecule has 31 heavy (non-hydrogen) atoms. The van der Waals surface area contributed by atoms with Gasteiger partial charge in [-0.3, -0.25) is 24.0 Å². The van der Waals surface area contributed by atoms with Crippen LogP contribution >= 0.6 is 0 Å². The van der Waals surface area contributed by atoms with E-state index in [2.05, 4.69) is 16.0 Å². The summed E-state index contributed by atoms with van der Waals surface area (Å²) in [5.74, 6) is -6.21. The van der Waals surface area contributed by atoms with E-state index in [0.717, 1.165) is 0 Å². The van der Waals surface area contributed by atoms with Crippen LogP contribution in [0.25, 0.3) is 0 Å². The number of hydrogen-bond donors (Lipinski definition) is 8. The van der Waals surface area contributed by atoms with Crippen LogP contribution in [0, 0.1) is 0 Å². The van der Waals surface area contributed by atoms with Crippen molar-refractivity contribution >= 4 is 35.6 Å². The zero-order valence-electron chi connectivity index (χ0n) is 17.0. The van der Waals surface area contributed by atoms with Crippen molar-refractivity contribution in [2.45, 2.75) is 56.7 Å². The van der Waals surface area contributed by atoms with Gasteiger partial charge in [0.05, 0.1) is 13.0 Å². The van der Waals surface area contributed by atoms with Gasteiger partial charge < -0.3 is 43.4 Å². The van der Waals surface area contributed by atoms with Gasteiger partial charge in [0, 0.05) is 6.42 Å². The Balaban J connectivity index is 5.39. The molecule has 0 radical (unpaired) electrons. The molecule has 3 atom stereocenters. The normalized spacial score (nSPS) is 13.4. The predicted molar refractivity (Wildman–Crippen MR) is 106 cm³/mol. The first-order valence-corrected chi connectivity index (χ1v) is 9.54. The van der Waals surface area contributed by atoms with Crippen molar-refractivity contribution in [3.05, 3.63) is 0 Å². The van der Waals surface area contributed by atoms with E-state index in [0.29, 0.717) is 19.4 Å². The molecule has 0 aromatic rings. The summed E-state index contributed by atoms with van der Waals surface area (Å²) in [5, 5.41) is 24.8. The highest BCUT2D eigenvalue weighted by atomic mass is 16.4. The maximum absolute atomic E-state index is 12.6. The van der Waals surface area contributed by atoms with Gasteiger partial charge in [-0.1, -0.05) is 0 Å². The van der Waals surface area contributed by atoms with Gasteiger partial charge in [0.25, 0.3) is 0 Å². The third-order valence-corrected chi connectivity index (χ3v) is 4.09. The average molecular weight is 446 g/mol. The predicted octanol–water partition coefficient (Wildman–Crippen LogP) is -3.65. The third kappa shape index (κ3) is 12.1. The molecular weight excluding hydrogens is 416 g/mol. The average Bonchev–Trinajstić information content (AvgIpc) is 2.68. The minimum absolute atomic E-state index is 0.0863. The summed E-state index contributed by atoms with van der Waals surface area (Å²) >= 11 is 0. The molecule has 176 valence electrons. The maximum atomic E-state index is 12.6. The number of primary amides is 1. The van der Waals surface area contributed by atoms with Crippen LogP contribution in [0.2, 0.25) is 0 Å². The molecule has 14 heteroatoms. The lowest BCUT2D eigenvalue weighted by Crippen LogP contribution is -2.56. The highest BCUT2D eigenvalue weighted by Gasteiger charge is 2.30. The van der Waals surface area contributed by atoms with E-state index in [4.69, 9.17) is 22.3 Å². The number of amides is 4. The van der Waals surface area contributed by atoms with Crippen molar-refractivity contribution in [1.82, 2.24) is 16.0 Å². The summed E-state index contributed by atoms with van der Waals surface area (Å²) in [5.41, 5.74) is 15.6. The van der Waals surface area contributed by atoms with Crippen molar-refractivity contribution in [2.24, 2.45) is 17.2 Å². The van der Waals surface area contributed by atoms with Crippen molar-refractivity contribution in [2.75, 3.05) is 13.1 Å². The molecule has 4 amide bonds. The van der Waals surface area contributed by atoms with E-state index in [1.165, 1.54) is 0 Å². The second-order valence-electron chi connectivity index (χ2n) is 6.67. The second kappa shape index (κ2) is 14.7. The number of carbonyl (C=O) groups excluding carboxylic acids is 4. The van der Waals surface area contributed by atoms with E-state index in [-0.39, 0.29) is 19.3 Å². The van der Waals surface area contributed by atoms with Crippen LogP contribution in [-0.4, -0.2) is 77.0 Å². The van der Waals surface area contributed by atoms with E-state index >= 15 is 0 Å². The van der Waals surface area contributed by atoms with Crippen molar-refractivity contribution in [3.63, 3.8) is 0 Å². The number of nitrogens with one attached hydrogen (secondary N) is 3. The molecule has 0 bridgehead atoms. The highest BCUT2D eigenvalue weighted by Crippen LogP contribution is 2.05. The monoisotopic (exact) mass is 446 g/mol. The molecule has 0 rings (SSSR count). The van der Waals surface area contributed by atoms with Crippen LogP contribution in [0.4, 0.5) is 0 Å². The van der Waals surface area contributed by atoms with Crippen LogP contribution in [0.1, 0.15) is 38.5 Å². The molecule has 0 aliphatic carbocycles. The van der Waals surface area contributed by atoms with Crippen molar-refractivity contribution in [3.8, 4) is 0 Å². The molecular formula is C17H30N6O8. The Morgan fingerprint density at radius 1 is 0.774 bits per heavy atom. The summed E-state index contributed by atoms with van der Waals surface area (Å²) in [6.45, 7) is -0.158. The van der Waals surface area contributed by atoms with Crippen LogP contribution in [0.5, 0.6) is 0 Å². The lowest BCUT2D eigenvalue weighted by Gasteiger charge is -2.23. The smallest absolute Gasteiger partial charge is 0.326 e. The summed E-state index contributed by atoms with van der Waals surface area (Å²) in [6.07, 6.45) is -0.326. The molecule has 0 saturated heterocycles. The largest absolute Gasteiger partial charge is 0.481 e. The first-order chi connectivity index (χ1) is 14.5. The first kappa shape index (κ1) is 27.7. The number of carboxylic acids is 2. The molecule has 0 aromatic heterocycles. The van der Waals surface area contributed by atoms with Gasteiger partial charge in [0.15, 0.2) is 0 Å². The fourth-order valence-electron chi connectivity index (χ4n) is 2.49. The number of carbonyl (C=O) groups is 6. The van der Waals surface area contributed by atoms with Crippen LogP contribution < -0.4 is 33.2 Å². The lowest BCUT2D eigenvalue weighted by atomic mass is 10.1. The fourth-order valence-corrected chi connectivity index (χ4v) is 2.49. The van der Waals surface area contributed by atoms with Gasteiger partial charge in [0.2, 0.25) is 23.6 Å². The molecule has 0 heterocycles. The van der Waals surface area contributed by atoms with Crippen LogP contribution in [-0.2, 0) is 28.8 Å². The number of hydrogen-bond acceptors (Lipinski definition) is 8. The van der Waals surface area contributed by atoms with Gasteiger partial charge >= 0.3 is 11.9 Å². The van der Waals surface area contributed by atoms with E-state index in [1.54, 1.807) is 0 Å². The van der Waals surface area contributed by atoms with Crippen molar-refractivity contribution < 1.29 is 39.0 Å². The topological polar surface area (TPSA) is 257 Å². The number of rotatable bonds is 16. The molecule has 3 unspecified atom stereocenters. The summed E-state index contributed by atoms with van der Waals surface area (Å²) < 4.78 is 0. The maximum Gasteiger partial charge on any atom is 0.326 e. The Morgan fingerprint density at radius 3 is 1.84 bits per heavy atom. The first-order valence-electron chi connectivity index (χ1n) is 9.54. The van der Waals surface area contributed by atoms with E-state index < -0.39 is 66.7 Å². The van der Waals surface area contributed by atoms with Gasteiger partial charge in [-0.05, 0) is 32.2 Å². The Kier molecular flexibility index (Phi) is 13.1. The highest BCUT2D eigenvalue weighted by molar-refractivity contribution is 5.95. The van der Waals surface area contributed by atoms with Crippen molar-refractivity contribution in [1.29, 1.82) is 0 Å². The molecule has 14 nitrogen and oxygen atoms in total. The lowest BCUT2D eigenvalue weighted by molar-refractivity contribution is -0.143. The van der Waals surface area contributed by atoms with Gasteiger partial charge in [-0.25, -0.2) is 4.79 Å². The summed E-state index contributed by atoms with van der Waals surface area (Å²) in [7, 11) is 0. The SMILES string of the molecule is NCCCCC(NC(=O)C(CCC(N)=O)NC(=O)C(CC(=O)O)NC(=O)CN)C(=O)O. The Bertz CT molecular complexity index is 671. The minimum Gasteiger partial charge on any atom is -0.481 e. The standard InChI is InChI=1S/C17H30N6O8/c18-6-2-1-3-10(17(30)31)23-15(28)9(4-5-12(20)24)22-16(29)11(7-14(26)27)21-13(25)8-19/h9-11H,1-8,18-19H2,(H2,20,24)(H,21,25)(H,22,29)(H,23,28)(H,26,27)(H,30,31). The van der Waals surface area contributed by atoms with Gasteiger partial charge in [-0.15, -0.1) is 0 Å². The zero-order valence-corrected chi connectivity index (χ0v) is 17.0. The van der Waals surface area contributed by atoms with Gasteiger partial charge in [0.1, 0.15) is 18.1 Å². The molecule has 0 aliphatic heterocycles. The van der Waals surface area contributed by atoms with E-state index in [1.807, 2.05) is 0 Å². The Labute approximate surface area is 178 Å². The summed E-state index contributed by atoms with van der Waals surface area (Å²) in [6, 6.07) is -4.21. The fraction of sp³-hybridized carbons (Fsp3) is 0.647. The molecule has 0 aliphatic rings.